The van der Waals surface area contributed by atoms with Crippen molar-refractivity contribution >= 4 is 52.6 Å². The molecule has 0 saturated carbocycles. The van der Waals surface area contributed by atoms with Crippen molar-refractivity contribution in [2.45, 2.75) is 30.9 Å². The van der Waals surface area contributed by atoms with Gasteiger partial charge in [-0.05, 0) is 12.1 Å². The number of urea groups is 1. The molecule has 0 spiro atoms. The van der Waals surface area contributed by atoms with E-state index in [9.17, 15) is 58.7 Å². The van der Waals surface area contributed by atoms with Crippen LogP contribution < -0.4 is 10.1 Å². The molecule has 1 aromatic rings. The number of hydrogen-bond acceptors (Lipinski definition) is 6. The Hall–Kier alpha value is -2.99. The minimum atomic E-state index is -6.45. The fraction of sp³-hybridized carbons (Fsp3) is 0.444. The van der Waals surface area contributed by atoms with Crippen LogP contribution in [0, 0.1) is 5.92 Å². The van der Waals surface area contributed by atoms with E-state index in [-0.39, 0.29) is 0 Å². The molecule has 2 rings (SSSR count). The molecular formula is C18H12Cl2F9N3O6. The molecule has 5 amide bonds. The van der Waals surface area contributed by atoms with Crippen LogP contribution in [0.25, 0.3) is 0 Å². The number of carbonyl (C=O) groups is 4. The Bertz CT molecular complexity index is 1130. The second-order valence-electron chi connectivity index (χ2n) is 7.30. The zero-order chi connectivity index (χ0) is 29.5. The van der Waals surface area contributed by atoms with Crippen LogP contribution in [0.2, 0.25) is 10.0 Å². The quantitative estimate of drug-likeness (QED) is 0.330. The van der Waals surface area contributed by atoms with Gasteiger partial charge in [-0.2, -0.15) is 26.3 Å². The molecule has 0 aliphatic carbocycles. The van der Waals surface area contributed by atoms with Crippen LogP contribution in [0.3, 0.4) is 0 Å². The highest BCUT2D eigenvalue weighted by molar-refractivity contribution is 6.36. The number of alkyl halides is 9. The molecule has 1 N–H and O–H groups in total. The van der Waals surface area contributed by atoms with Crippen molar-refractivity contribution in [3.05, 3.63) is 22.2 Å². The number of barbiturate groups is 1. The molecule has 0 aromatic heterocycles. The average Bonchev–Trinajstić information content (AvgIpc) is 2.78. The first-order chi connectivity index (χ1) is 17.2. The first-order valence-corrected chi connectivity index (χ1v) is 10.2. The van der Waals surface area contributed by atoms with Crippen molar-refractivity contribution in [1.82, 2.24) is 9.80 Å². The molecule has 1 aliphatic heterocycles. The third-order valence-electron chi connectivity index (χ3n) is 4.67. The summed E-state index contributed by atoms with van der Waals surface area (Å²) in [6.45, 7) is 0. The molecule has 1 saturated heterocycles. The van der Waals surface area contributed by atoms with E-state index >= 15 is 0 Å². The van der Waals surface area contributed by atoms with Gasteiger partial charge in [0, 0.05) is 19.1 Å². The van der Waals surface area contributed by atoms with E-state index in [0.29, 0.717) is 21.9 Å². The Morgan fingerprint density at radius 2 is 1.47 bits per heavy atom. The number of halogens is 11. The predicted octanol–water partition coefficient (Wildman–Crippen LogP) is 4.38. The summed E-state index contributed by atoms with van der Waals surface area (Å²) in [5.41, 5.74) is -1.04. The van der Waals surface area contributed by atoms with Gasteiger partial charge in [-0.1, -0.05) is 23.2 Å². The lowest BCUT2D eigenvalue weighted by Gasteiger charge is -2.32. The summed E-state index contributed by atoms with van der Waals surface area (Å²) < 4.78 is 125. The Morgan fingerprint density at radius 3 is 1.95 bits per heavy atom. The number of ether oxygens (including phenoxy) is 2. The van der Waals surface area contributed by atoms with E-state index in [4.69, 9.17) is 23.2 Å². The van der Waals surface area contributed by atoms with Gasteiger partial charge in [-0.25, -0.2) is 18.0 Å². The summed E-state index contributed by atoms with van der Waals surface area (Å²) in [5.74, 6) is -14.5. The van der Waals surface area contributed by atoms with Crippen LogP contribution in [0.15, 0.2) is 12.1 Å². The molecule has 1 heterocycles. The van der Waals surface area contributed by atoms with Gasteiger partial charge in [0.15, 0.2) is 11.7 Å². The third kappa shape index (κ3) is 5.85. The lowest BCUT2D eigenvalue weighted by Crippen LogP contribution is -2.59. The number of amides is 5. The fourth-order valence-electron chi connectivity index (χ4n) is 2.68. The molecule has 1 aliphatic rings. The SMILES string of the molecule is CN1C(=O)C(C(=O)Nc2cc(Cl)cc(Cl)c2OC(F)(F)C(F)OC(F)(F)C(F)(F)C(F)F)C(=O)N(C)C1=O. The number of anilines is 1. The maximum absolute atomic E-state index is 14.2. The third-order valence-corrected chi connectivity index (χ3v) is 5.17. The molecule has 9 nitrogen and oxygen atoms in total. The summed E-state index contributed by atoms with van der Waals surface area (Å²) in [5, 5.41) is 0.292. The summed E-state index contributed by atoms with van der Waals surface area (Å²) >= 11 is 11.4. The number of imide groups is 2. The topological polar surface area (TPSA) is 105 Å². The van der Waals surface area contributed by atoms with Crippen molar-refractivity contribution in [3.8, 4) is 5.75 Å². The Morgan fingerprint density at radius 1 is 0.974 bits per heavy atom. The van der Waals surface area contributed by atoms with Crippen molar-refractivity contribution in [2.24, 2.45) is 5.92 Å². The Kier molecular flexibility index (Phi) is 8.75. The van der Waals surface area contributed by atoms with E-state index in [0.717, 1.165) is 14.1 Å². The van der Waals surface area contributed by atoms with Crippen LogP contribution in [-0.4, -0.2) is 78.6 Å². The van der Waals surface area contributed by atoms with Crippen LogP contribution in [-0.2, 0) is 19.1 Å². The van der Waals surface area contributed by atoms with Gasteiger partial charge in [0.1, 0.15) is 0 Å². The number of benzene rings is 1. The van der Waals surface area contributed by atoms with Gasteiger partial charge >= 0.3 is 37.0 Å². The van der Waals surface area contributed by atoms with Gasteiger partial charge in [-0.15, -0.1) is 0 Å². The molecule has 20 heteroatoms. The summed E-state index contributed by atoms with van der Waals surface area (Å²) in [4.78, 5) is 49.7. The second kappa shape index (κ2) is 10.6. The van der Waals surface area contributed by atoms with Crippen LogP contribution >= 0.6 is 23.2 Å². The normalized spacial score (nSPS) is 16.8. The minimum absolute atomic E-state index is 0.364. The monoisotopic (exact) mass is 607 g/mol. The number of nitrogens with one attached hydrogen (secondary N) is 1. The van der Waals surface area contributed by atoms with Crippen molar-refractivity contribution < 1.29 is 68.2 Å². The maximum atomic E-state index is 14.2. The molecule has 1 unspecified atom stereocenters. The highest BCUT2D eigenvalue weighted by atomic mass is 35.5. The van der Waals surface area contributed by atoms with Crippen LogP contribution in [0.4, 0.5) is 50.0 Å². The number of nitrogens with zero attached hydrogens (tertiary/aromatic N) is 2. The van der Waals surface area contributed by atoms with Crippen molar-refractivity contribution in [3.63, 3.8) is 0 Å². The standard InChI is InChI=1S/C18H12Cl2F9N3O6/c1-31-11(34)8(12(35)32(2)15(31)36)10(33)30-7-4-5(19)3-6(20)9(7)37-17(26,27)14(23)38-18(28,29)16(24,25)13(21)22/h3-4,8,13-14H,1-2H3,(H,30,33). The Labute approximate surface area is 215 Å². The van der Waals surface area contributed by atoms with Gasteiger partial charge < -0.3 is 10.1 Å². The molecule has 0 bridgehead atoms. The number of rotatable bonds is 9. The summed E-state index contributed by atoms with van der Waals surface area (Å²) in [6, 6.07) is 0.0946. The van der Waals surface area contributed by atoms with Crippen LogP contribution in [0.1, 0.15) is 0 Å². The van der Waals surface area contributed by atoms with Crippen molar-refractivity contribution in [1.29, 1.82) is 0 Å². The Balaban J connectivity index is 2.38. The lowest BCUT2D eigenvalue weighted by molar-refractivity contribution is -0.430. The zero-order valence-electron chi connectivity index (χ0n) is 18.4. The van der Waals surface area contributed by atoms with E-state index in [1.54, 1.807) is 5.32 Å². The highest BCUT2D eigenvalue weighted by Crippen LogP contribution is 2.45. The molecular weight excluding hydrogens is 596 g/mol. The van der Waals surface area contributed by atoms with Crippen molar-refractivity contribution in [2.75, 3.05) is 19.4 Å². The van der Waals surface area contributed by atoms with Gasteiger partial charge in [0.05, 0.1) is 10.7 Å². The average molecular weight is 608 g/mol. The largest absolute Gasteiger partial charge is 0.456 e. The van der Waals surface area contributed by atoms with Gasteiger partial charge in [0.25, 0.3) is 11.8 Å². The molecule has 1 fully saturated rings. The van der Waals surface area contributed by atoms with E-state index < -0.39 is 82.1 Å². The molecule has 38 heavy (non-hydrogen) atoms. The lowest BCUT2D eigenvalue weighted by atomic mass is 10.0. The first kappa shape index (κ1) is 31.2. The predicted molar refractivity (Wildman–Crippen MR) is 107 cm³/mol. The smallest absolute Gasteiger partial charge is 0.425 e. The van der Waals surface area contributed by atoms with E-state index in [2.05, 4.69) is 9.47 Å². The first-order valence-electron chi connectivity index (χ1n) is 9.47. The molecule has 212 valence electrons. The molecule has 1 atom stereocenters. The summed E-state index contributed by atoms with van der Waals surface area (Å²) in [7, 11) is 1.79. The van der Waals surface area contributed by atoms with E-state index in [1.807, 2.05) is 0 Å². The minimum Gasteiger partial charge on any atom is -0.425 e. The molecule has 0 radical (unpaired) electrons. The fourth-order valence-corrected chi connectivity index (χ4v) is 3.21. The van der Waals surface area contributed by atoms with Crippen LogP contribution in [0.5, 0.6) is 5.75 Å². The van der Waals surface area contributed by atoms with E-state index in [1.165, 1.54) is 0 Å². The highest BCUT2D eigenvalue weighted by Gasteiger charge is 2.67. The second-order valence-corrected chi connectivity index (χ2v) is 8.15. The number of carbonyl (C=O) groups excluding carboxylic acids is 4. The van der Waals surface area contributed by atoms with Gasteiger partial charge in [-0.3, -0.25) is 28.9 Å². The summed E-state index contributed by atoms with van der Waals surface area (Å²) in [6.07, 6.45) is -22.1. The maximum Gasteiger partial charge on any atom is 0.456 e. The number of hydrogen-bond donors (Lipinski definition) is 1. The van der Waals surface area contributed by atoms with Gasteiger partial charge in [0.2, 0.25) is 5.91 Å². The molecule has 1 aromatic carbocycles. The zero-order valence-corrected chi connectivity index (χ0v) is 19.9.